The average Bonchev–Trinajstić information content (AvgIpc) is 3.02. The Kier molecular flexibility index (Phi) is 4.91. The van der Waals surface area contributed by atoms with E-state index >= 15 is 0 Å². The number of aliphatic hydroxyl groups is 4. The van der Waals surface area contributed by atoms with Crippen molar-refractivity contribution >= 4 is 0 Å². The summed E-state index contributed by atoms with van der Waals surface area (Å²) in [4.78, 5) is 3.87. The maximum atomic E-state index is 9.98. The SMILES string of the molecule is N#Cc1ncn(C2O[C@H](CO)[C@@H](O)[C@H]2O)c1C#CCCO. The molecule has 1 aromatic rings. The Morgan fingerprint density at radius 3 is 2.67 bits per heavy atom. The first-order chi connectivity index (χ1) is 10.1. The highest BCUT2D eigenvalue weighted by Gasteiger charge is 2.44. The van der Waals surface area contributed by atoms with Crippen LogP contribution in [0.1, 0.15) is 24.0 Å². The zero-order chi connectivity index (χ0) is 15.4. The zero-order valence-electron chi connectivity index (χ0n) is 11.0. The summed E-state index contributed by atoms with van der Waals surface area (Å²) in [5.74, 6) is 5.36. The average molecular weight is 293 g/mol. The van der Waals surface area contributed by atoms with Gasteiger partial charge in [0.1, 0.15) is 30.1 Å². The quantitative estimate of drug-likeness (QED) is 0.479. The van der Waals surface area contributed by atoms with Crippen LogP contribution >= 0.6 is 0 Å². The van der Waals surface area contributed by atoms with Crippen molar-refractivity contribution in [3.05, 3.63) is 17.7 Å². The lowest BCUT2D eigenvalue weighted by atomic mass is 10.1. The molecule has 0 saturated carbocycles. The lowest BCUT2D eigenvalue weighted by Crippen LogP contribution is -2.33. The van der Waals surface area contributed by atoms with Crippen LogP contribution in [0.5, 0.6) is 0 Å². The Morgan fingerprint density at radius 1 is 1.33 bits per heavy atom. The molecule has 1 saturated heterocycles. The van der Waals surface area contributed by atoms with Crippen LogP contribution in [0.25, 0.3) is 0 Å². The van der Waals surface area contributed by atoms with Crippen LogP contribution in [0.2, 0.25) is 0 Å². The third-order valence-corrected chi connectivity index (χ3v) is 3.13. The van der Waals surface area contributed by atoms with Gasteiger partial charge in [0.25, 0.3) is 0 Å². The van der Waals surface area contributed by atoms with Crippen molar-refractivity contribution in [2.24, 2.45) is 0 Å². The molecule has 8 heteroatoms. The normalized spacial score (nSPS) is 28.0. The van der Waals surface area contributed by atoms with Gasteiger partial charge in [-0.05, 0) is 5.92 Å². The molecule has 0 bridgehead atoms. The van der Waals surface area contributed by atoms with E-state index in [9.17, 15) is 10.2 Å². The number of aliphatic hydroxyl groups excluding tert-OH is 4. The van der Waals surface area contributed by atoms with E-state index in [0.29, 0.717) is 0 Å². The molecule has 1 aliphatic heterocycles. The Morgan fingerprint density at radius 2 is 2.10 bits per heavy atom. The minimum absolute atomic E-state index is 0.0539. The van der Waals surface area contributed by atoms with Gasteiger partial charge in [-0.1, -0.05) is 5.92 Å². The van der Waals surface area contributed by atoms with Gasteiger partial charge in [0.15, 0.2) is 11.9 Å². The number of ether oxygens (including phenoxy) is 1. The fourth-order valence-corrected chi connectivity index (χ4v) is 2.07. The third kappa shape index (κ3) is 2.90. The molecule has 0 aliphatic carbocycles. The number of rotatable bonds is 3. The number of hydrogen-bond acceptors (Lipinski definition) is 7. The number of imidazole rings is 1. The van der Waals surface area contributed by atoms with Crippen LogP contribution in [0.4, 0.5) is 0 Å². The Hall–Kier alpha value is -1.94. The van der Waals surface area contributed by atoms with Crippen LogP contribution < -0.4 is 0 Å². The molecule has 4 atom stereocenters. The number of hydrogen-bond donors (Lipinski definition) is 4. The summed E-state index contributed by atoms with van der Waals surface area (Å²) in [5, 5.41) is 46.6. The van der Waals surface area contributed by atoms with E-state index in [2.05, 4.69) is 16.8 Å². The van der Waals surface area contributed by atoms with Crippen molar-refractivity contribution < 1.29 is 25.2 Å². The summed E-state index contributed by atoms with van der Waals surface area (Å²) in [5.41, 5.74) is 0.277. The van der Waals surface area contributed by atoms with Crippen molar-refractivity contribution in [1.29, 1.82) is 5.26 Å². The van der Waals surface area contributed by atoms with Crippen LogP contribution in [-0.4, -0.2) is 61.5 Å². The highest BCUT2D eigenvalue weighted by Crippen LogP contribution is 2.30. The smallest absolute Gasteiger partial charge is 0.174 e. The molecule has 2 heterocycles. The number of nitrogens with zero attached hydrogens (tertiary/aromatic N) is 3. The molecule has 112 valence electrons. The van der Waals surface area contributed by atoms with Crippen LogP contribution in [0.3, 0.4) is 0 Å². The summed E-state index contributed by atoms with van der Waals surface area (Å²) >= 11 is 0. The number of aromatic nitrogens is 2. The Labute approximate surface area is 120 Å². The second kappa shape index (κ2) is 6.68. The van der Waals surface area contributed by atoms with Gasteiger partial charge in [0, 0.05) is 6.42 Å². The van der Waals surface area contributed by atoms with Gasteiger partial charge in [-0.25, -0.2) is 4.98 Å². The Balaban J connectivity index is 2.35. The summed E-state index contributed by atoms with van der Waals surface area (Å²) in [7, 11) is 0. The molecule has 0 aromatic carbocycles. The minimum atomic E-state index is -1.28. The number of nitriles is 1. The molecule has 1 aromatic heterocycles. The molecule has 0 amide bonds. The molecule has 21 heavy (non-hydrogen) atoms. The maximum absolute atomic E-state index is 9.98. The minimum Gasteiger partial charge on any atom is -0.395 e. The van der Waals surface area contributed by atoms with Crippen molar-refractivity contribution in [2.75, 3.05) is 13.2 Å². The standard InChI is InChI=1S/C13H15N3O5/c14-5-8-9(3-1-2-4-17)16(7-15-8)13-12(20)11(19)10(6-18)21-13/h7,10-13,17-20H,2,4,6H2/t10-,11-,12-,13?/m1/s1. The highest BCUT2D eigenvalue weighted by molar-refractivity contribution is 5.40. The van der Waals surface area contributed by atoms with Gasteiger partial charge < -0.3 is 25.2 Å². The van der Waals surface area contributed by atoms with E-state index in [1.807, 2.05) is 6.07 Å². The predicted octanol–water partition coefficient (Wildman–Crippen LogP) is -1.90. The van der Waals surface area contributed by atoms with Gasteiger partial charge in [-0.3, -0.25) is 4.57 Å². The largest absolute Gasteiger partial charge is 0.395 e. The third-order valence-electron chi connectivity index (χ3n) is 3.13. The second-order valence-corrected chi connectivity index (χ2v) is 4.47. The topological polar surface area (TPSA) is 132 Å². The van der Waals surface area contributed by atoms with E-state index in [4.69, 9.17) is 20.2 Å². The van der Waals surface area contributed by atoms with Crippen LogP contribution in [-0.2, 0) is 4.74 Å². The first kappa shape index (κ1) is 15.4. The van der Waals surface area contributed by atoms with E-state index in [0.717, 1.165) is 0 Å². The fourth-order valence-electron chi connectivity index (χ4n) is 2.07. The molecule has 2 rings (SSSR count). The zero-order valence-corrected chi connectivity index (χ0v) is 11.0. The predicted molar refractivity (Wildman–Crippen MR) is 68.5 cm³/mol. The summed E-state index contributed by atoms with van der Waals surface area (Å²) in [6, 6.07) is 1.87. The summed E-state index contributed by atoms with van der Waals surface area (Å²) in [6.45, 7) is -0.559. The van der Waals surface area contributed by atoms with E-state index < -0.39 is 31.1 Å². The van der Waals surface area contributed by atoms with Gasteiger partial charge in [-0.2, -0.15) is 5.26 Å². The monoisotopic (exact) mass is 293 g/mol. The van der Waals surface area contributed by atoms with Crippen LogP contribution in [0.15, 0.2) is 6.33 Å². The molecule has 4 N–H and O–H groups in total. The molecular formula is C13H15N3O5. The first-order valence-electron chi connectivity index (χ1n) is 6.33. The maximum Gasteiger partial charge on any atom is 0.174 e. The molecule has 1 aliphatic rings. The Bertz CT molecular complexity index is 597. The second-order valence-electron chi connectivity index (χ2n) is 4.47. The van der Waals surface area contributed by atoms with Gasteiger partial charge >= 0.3 is 0 Å². The lowest BCUT2D eigenvalue weighted by molar-refractivity contribution is -0.0531. The van der Waals surface area contributed by atoms with Crippen molar-refractivity contribution in [2.45, 2.75) is 31.0 Å². The lowest BCUT2D eigenvalue weighted by Gasteiger charge is -2.17. The summed E-state index contributed by atoms with van der Waals surface area (Å²) in [6.07, 6.45) is -2.93. The van der Waals surface area contributed by atoms with E-state index in [-0.39, 0.29) is 24.4 Å². The first-order valence-corrected chi connectivity index (χ1v) is 6.33. The summed E-state index contributed by atoms with van der Waals surface area (Å²) < 4.78 is 6.71. The molecule has 0 radical (unpaired) electrons. The van der Waals surface area contributed by atoms with Gasteiger partial charge in [0.05, 0.1) is 19.5 Å². The van der Waals surface area contributed by atoms with Crippen molar-refractivity contribution in [1.82, 2.24) is 9.55 Å². The van der Waals surface area contributed by atoms with Crippen molar-refractivity contribution in [3.8, 4) is 17.9 Å². The molecule has 0 spiro atoms. The molecule has 1 unspecified atom stereocenters. The van der Waals surface area contributed by atoms with Gasteiger partial charge in [0.2, 0.25) is 0 Å². The molecular weight excluding hydrogens is 278 g/mol. The highest BCUT2D eigenvalue weighted by atomic mass is 16.6. The molecule has 8 nitrogen and oxygen atoms in total. The van der Waals surface area contributed by atoms with E-state index in [1.165, 1.54) is 10.9 Å². The van der Waals surface area contributed by atoms with Crippen LogP contribution in [0, 0.1) is 23.2 Å². The van der Waals surface area contributed by atoms with Gasteiger partial charge in [-0.15, -0.1) is 0 Å². The van der Waals surface area contributed by atoms with Crippen molar-refractivity contribution in [3.63, 3.8) is 0 Å². The molecule has 1 fully saturated rings. The fraction of sp³-hybridized carbons (Fsp3) is 0.538. The van der Waals surface area contributed by atoms with E-state index in [1.54, 1.807) is 0 Å².